The number of halogens is 1. The van der Waals surface area contributed by atoms with Gasteiger partial charge in [0.2, 0.25) is 21.8 Å². The minimum absolute atomic E-state index is 0.0594. The highest BCUT2D eigenvalue weighted by atomic mass is 32.2. The number of amides is 4. The standard InChI is InChI=1S/C41H46FN5O9S/c1-40(2,3)56-39(51)44-30-13-8-6-4-5-7-11-23-21-41(23,38(50)46-57(52,53)26-16-17-26)45-36(48)31-20-25(22-47(31)37(30)49)54-34-28-19-24(42)15-18-29(28)43-33-27-12-9-10-14-32(27)55-35(33)34/h7,9-12,14-15,18-19,23,25-26,30-31H,4-6,8,13,16-17,20-22H2,1-3H3,(H,44,51)(H,45,48)(H,46,50)/b11-7-/t23-,25+,30-,31-,41+/m0/s1. The molecule has 4 aliphatic rings. The van der Waals surface area contributed by atoms with Crippen LogP contribution in [0.15, 0.2) is 59.0 Å². The summed E-state index contributed by atoms with van der Waals surface area (Å²) in [4.78, 5) is 62.1. The fourth-order valence-corrected chi connectivity index (χ4v) is 9.27. The molecule has 57 heavy (non-hydrogen) atoms. The van der Waals surface area contributed by atoms with Crippen molar-refractivity contribution < 1.29 is 45.9 Å². The zero-order chi connectivity index (χ0) is 40.3. The molecule has 14 nitrogen and oxygen atoms in total. The molecular weight excluding hydrogens is 758 g/mol. The van der Waals surface area contributed by atoms with Crippen LogP contribution in [0.25, 0.3) is 33.0 Å². The van der Waals surface area contributed by atoms with Gasteiger partial charge < -0.3 is 29.4 Å². The summed E-state index contributed by atoms with van der Waals surface area (Å²) in [6.45, 7) is 5.01. The number of pyridine rings is 1. The number of aromatic nitrogens is 1. The summed E-state index contributed by atoms with van der Waals surface area (Å²) in [5, 5.41) is 5.97. The minimum Gasteiger partial charge on any atom is -0.484 e. The molecule has 4 heterocycles. The molecule has 2 aromatic carbocycles. The van der Waals surface area contributed by atoms with Gasteiger partial charge >= 0.3 is 6.09 Å². The van der Waals surface area contributed by atoms with Crippen LogP contribution in [0.3, 0.4) is 0 Å². The molecule has 2 aromatic heterocycles. The van der Waals surface area contributed by atoms with Crippen LogP contribution in [-0.4, -0.2) is 83.2 Å². The Morgan fingerprint density at radius 1 is 1.05 bits per heavy atom. The van der Waals surface area contributed by atoms with Crippen molar-refractivity contribution in [1.29, 1.82) is 0 Å². The second kappa shape index (κ2) is 14.6. The van der Waals surface area contributed by atoms with Gasteiger partial charge in [-0.25, -0.2) is 22.6 Å². The van der Waals surface area contributed by atoms with Gasteiger partial charge in [-0.2, -0.15) is 0 Å². The van der Waals surface area contributed by atoms with Gasteiger partial charge in [0.25, 0.3) is 5.91 Å². The van der Waals surface area contributed by atoms with Gasteiger partial charge in [0, 0.05) is 23.1 Å². The van der Waals surface area contributed by atoms with Crippen LogP contribution in [-0.2, 0) is 29.1 Å². The highest BCUT2D eigenvalue weighted by Crippen LogP contribution is 2.46. The Morgan fingerprint density at radius 3 is 2.61 bits per heavy atom. The average molecular weight is 804 g/mol. The maximum absolute atomic E-state index is 14.8. The van der Waals surface area contributed by atoms with E-state index in [4.69, 9.17) is 18.9 Å². The van der Waals surface area contributed by atoms with E-state index in [0.717, 1.165) is 12.8 Å². The third kappa shape index (κ3) is 7.88. The number of hydrogen-bond donors (Lipinski definition) is 3. The Bertz CT molecular complexity index is 2420. The molecule has 4 aromatic rings. The van der Waals surface area contributed by atoms with E-state index in [2.05, 4.69) is 15.4 Å². The summed E-state index contributed by atoms with van der Waals surface area (Å²) in [5.41, 5.74) is -0.673. The molecule has 5 atom stereocenters. The third-order valence-electron chi connectivity index (χ3n) is 11.0. The zero-order valence-electron chi connectivity index (χ0n) is 32.0. The number of allylic oxidation sites excluding steroid dienone is 1. The molecule has 2 aliphatic carbocycles. The first-order valence-electron chi connectivity index (χ1n) is 19.5. The first-order valence-corrected chi connectivity index (χ1v) is 21.1. The number of sulfonamides is 1. The number of nitrogens with zero attached hydrogens (tertiary/aromatic N) is 2. The predicted molar refractivity (Wildman–Crippen MR) is 208 cm³/mol. The lowest BCUT2D eigenvalue weighted by atomic mass is 10.0. The number of furan rings is 1. The van der Waals surface area contributed by atoms with Crippen molar-refractivity contribution in [1.82, 2.24) is 25.2 Å². The van der Waals surface area contributed by atoms with E-state index in [0.29, 0.717) is 53.1 Å². The molecule has 3 fully saturated rings. The number of carbonyl (C=O) groups is 4. The summed E-state index contributed by atoms with van der Waals surface area (Å²) < 4.78 is 61.2. The highest BCUT2D eigenvalue weighted by molar-refractivity contribution is 7.91. The van der Waals surface area contributed by atoms with Gasteiger partial charge in [0.1, 0.15) is 46.2 Å². The van der Waals surface area contributed by atoms with Crippen molar-refractivity contribution >= 4 is 66.8 Å². The number of hydrogen-bond acceptors (Lipinski definition) is 10. The highest BCUT2D eigenvalue weighted by Gasteiger charge is 2.62. The van der Waals surface area contributed by atoms with Crippen molar-refractivity contribution in [2.45, 2.75) is 113 Å². The topological polar surface area (TPSA) is 186 Å². The summed E-state index contributed by atoms with van der Waals surface area (Å²) in [7, 11) is -3.93. The number of alkyl carbamates (subject to hydrolysis) is 1. The molecule has 0 spiro atoms. The maximum atomic E-state index is 14.8. The normalized spacial score (nSPS) is 26.5. The Kier molecular flexibility index (Phi) is 9.89. The van der Waals surface area contributed by atoms with Crippen molar-refractivity contribution in [2.75, 3.05) is 6.54 Å². The van der Waals surface area contributed by atoms with Crippen LogP contribution < -0.4 is 20.1 Å². The van der Waals surface area contributed by atoms with Crippen LogP contribution in [0, 0.1) is 11.7 Å². The number of rotatable bonds is 6. The third-order valence-corrected chi connectivity index (χ3v) is 12.8. The number of ether oxygens (including phenoxy) is 2. The van der Waals surface area contributed by atoms with E-state index in [1.165, 1.54) is 23.1 Å². The van der Waals surface area contributed by atoms with Crippen molar-refractivity contribution in [2.24, 2.45) is 5.92 Å². The molecule has 0 bridgehead atoms. The summed E-state index contributed by atoms with van der Waals surface area (Å²) in [6, 6.07) is 9.13. The van der Waals surface area contributed by atoms with Gasteiger partial charge in [0.15, 0.2) is 11.3 Å². The molecule has 16 heteroatoms. The van der Waals surface area contributed by atoms with Crippen molar-refractivity contribution in [3.05, 3.63) is 60.4 Å². The van der Waals surface area contributed by atoms with Crippen molar-refractivity contribution in [3.63, 3.8) is 0 Å². The first kappa shape index (κ1) is 38.6. The minimum atomic E-state index is -3.93. The fraction of sp³-hybridized carbons (Fsp3) is 0.488. The van der Waals surface area contributed by atoms with Crippen LogP contribution in [0.5, 0.6) is 5.75 Å². The average Bonchev–Trinajstić information content (AvgIpc) is 4.05. The van der Waals surface area contributed by atoms with E-state index in [-0.39, 0.29) is 37.1 Å². The summed E-state index contributed by atoms with van der Waals surface area (Å²) in [6.07, 6.45) is 6.13. The lowest BCUT2D eigenvalue weighted by molar-refractivity contribution is -0.141. The molecule has 1 saturated heterocycles. The largest absolute Gasteiger partial charge is 0.484 e. The maximum Gasteiger partial charge on any atom is 0.408 e. The summed E-state index contributed by atoms with van der Waals surface area (Å²) in [5.74, 6) is -2.89. The van der Waals surface area contributed by atoms with Gasteiger partial charge in [-0.15, -0.1) is 0 Å². The van der Waals surface area contributed by atoms with E-state index >= 15 is 0 Å². The van der Waals surface area contributed by atoms with E-state index in [1.54, 1.807) is 26.8 Å². The van der Waals surface area contributed by atoms with E-state index in [9.17, 15) is 32.0 Å². The second-order valence-electron chi connectivity index (χ2n) is 16.6. The molecule has 0 unspecified atom stereocenters. The van der Waals surface area contributed by atoms with Crippen LogP contribution in [0.1, 0.15) is 78.6 Å². The molecule has 302 valence electrons. The van der Waals surface area contributed by atoms with Crippen LogP contribution >= 0.6 is 0 Å². The van der Waals surface area contributed by atoms with Gasteiger partial charge in [-0.1, -0.05) is 37.1 Å². The Hall–Kier alpha value is -5.25. The molecule has 8 rings (SSSR count). The van der Waals surface area contributed by atoms with Crippen LogP contribution in [0.2, 0.25) is 0 Å². The molecule has 4 amide bonds. The quantitative estimate of drug-likeness (QED) is 0.210. The second-order valence-corrected chi connectivity index (χ2v) is 18.5. The molecule has 3 N–H and O–H groups in total. The van der Waals surface area contributed by atoms with E-state index in [1.807, 2.05) is 30.4 Å². The molecular formula is C41H46FN5O9S. The smallest absolute Gasteiger partial charge is 0.408 e. The Morgan fingerprint density at radius 2 is 1.84 bits per heavy atom. The number of fused-ring (bicyclic) bond motifs is 6. The predicted octanol–water partition coefficient (Wildman–Crippen LogP) is 5.52. The number of nitrogens with one attached hydrogen (secondary N) is 3. The molecule has 2 saturated carbocycles. The van der Waals surface area contributed by atoms with Crippen molar-refractivity contribution in [3.8, 4) is 5.75 Å². The van der Waals surface area contributed by atoms with Crippen LogP contribution in [0.4, 0.5) is 9.18 Å². The van der Waals surface area contributed by atoms with Gasteiger partial charge in [-0.3, -0.25) is 19.1 Å². The molecule has 2 aliphatic heterocycles. The molecule has 0 radical (unpaired) electrons. The van der Waals surface area contributed by atoms with Gasteiger partial charge in [0.05, 0.1) is 17.3 Å². The number of para-hydroxylation sites is 1. The lowest BCUT2D eigenvalue weighted by Crippen LogP contribution is -2.58. The van der Waals surface area contributed by atoms with Gasteiger partial charge in [-0.05, 0) is 89.6 Å². The number of carbonyl (C=O) groups excluding carboxylic acids is 4. The lowest BCUT2D eigenvalue weighted by Gasteiger charge is -2.30. The fourth-order valence-electron chi connectivity index (χ4n) is 7.91. The zero-order valence-corrected chi connectivity index (χ0v) is 32.8. The Balaban J connectivity index is 1.16. The number of benzene rings is 2. The Labute approximate surface area is 328 Å². The summed E-state index contributed by atoms with van der Waals surface area (Å²) >= 11 is 0. The SMILES string of the molecule is CC(C)(C)OC(=O)N[C@H]1CCCCC/C=C\[C@H]2C[C@@]2(C(=O)NS(=O)(=O)C2CC2)NC(=O)[C@@H]2C[C@@H](Oc3c4cc(F)ccc4nc4c3oc3ccccc34)CN2C1=O. The monoisotopic (exact) mass is 803 g/mol. The van der Waals surface area contributed by atoms with E-state index < -0.39 is 80.2 Å². The first-order chi connectivity index (χ1) is 27.1.